The van der Waals surface area contributed by atoms with E-state index in [0.717, 1.165) is 11.6 Å². The molecule has 0 atom stereocenters. The van der Waals surface area contributed by atoms with Crippen LogP contribution < -0.4 is 10.5 Å². The molecule has 0 saturated carbocycles. The summed E-state index contributed by atoms with van der Waals surface area (Å²) in [6.45, 7) is 5.41. The van der Waals surface area contributed by atoms with Gasteiger partial charge in [0, 0.05) is 6.54 Å². The summed E-state index contributed by atoms with van der Waals surface area (Å²) in [6.07, 6.45) is 1.75. The zero-order valence-electron chi connectivity index (χ0n) is 10.6. The van der Waals surface area contributed by atoms with Crippen LogP contribution in [0.3, 0.4) is 0 Å². The number of sulfonamides is 1. The minimum Gasteiger partial charge on any atom is -0.396 e. The highest BCUT2D eigenvalue weighted by molar-refractivity contribution is 7.89. The highest BCUT2D eigenvalue weighted by Gasteiger charge is 2.16. The van der Waals surface area contributed by atoms with Crippen LogP contribution in [-0.2, 0) is 10.0 Å². The van der Waals surface area contributed by atoms with Crippen LogP contribution in [0.1, 0.15) is 19.4 Å². The van der Waals surface area contributed by atoms with Gasteiger partial charge >= 0.3 is 0 Å². The molecule has 0 unspecified atom stereocenters. The maximum Gasteiger partial charge on any atom is 0.240 e. The number of aryl methyl sites for hydroxylation is 1. The lowest BCUT2D eigenvalue weighted by molar-refractivity contribution is 0.584. The third-order valence-electron chi connectivity index (χ3n) is 2.35. The predicted molar refractivity (Wildman–Crippen MR) is 70.2 cm³/mol. The van der Waals surface area contributed by atoms with E-state index >= 15 is 0 Å². The Labute approximate surface area is 107 Å². The van der Waals surface area contributed by atoms with Gasteiger partial charge in [0.1, 0.15) is 5.82 Å². The predicted octanol–water partition coefficient (Wildman–Crippen LogP) is 1.96. The number of anilines is 1. The van der Waals surface area contributed by atoms with Crippen molar-refractivity contribution in [3.8, 4) is 0 Å². The van der Waals surface area contributed by atoms with Gasteiger partial charge < -0.3 is 5.73 Å². The largest absolute Gasteiger partial charge is 0.396 e. The SMILES string of the molecule is CC(C)=CCNS(=O)(=O)c1cc(C)c(F)c(N)c1. The molecule has 1 aromatic carbocycles. The molecule has 1 aromatic rings. The summed E-state index contributed by atoms with van der Waals surface area (Å²) in [5.41, 5.74) is 6.46. The number of nitrogens with one attached hydrogen (secondary N) is 1. The van der Waals surface area contributed by atoms with Crippen molar-refractivity contribution in [3.63, 3.8) is 0 Å². The summed E-state index contributed by atoms with van der Waals surface area (Å²) in [7, 11) is -3.66. The number of hydrogen-bond acceptors (Lipinski definition) is 3. The molecule has 1 rings (SSSR count). The van der Waals surface area contributed by atoms with E-state index < -0.39 is 15.8 Å². The Hall–Kier alpha value is -1.40. The number of allylic oxidation sites excluding steroid dienone is 1. The quantitative estimate of drug-likeness (QED) is 0.650. The Kier molecular flexibility index (Phi) is 4.48. The summed E-state index contributed by atoms with van der Waals surface area (Å²) in [5, 5.41) is 0. The standard InChI is InChI=1S/C12H17FN2O2S/c1-8(2)4-5-15-18(16,17)10-6-9(3)12(13)11(14)7-10/h4,6-7,15H,5,14H2,1-3H3. The number of rotatable bonds is 4. The van der Waals surface area contributed by atoms with Crippen molar-refractivity contribution < 1.29 is 12.8 Å². The van der Waals surface area contributed by atoms with Gasteiger partial charge in [0.15, 0.2) is 0 Å². The van der Waals surface area contributed by atoms with Crippen LogP contribution in [0.25, 0.3) is 0 Å². The normalized spacial score (nSPS) is 11.3. The topological polar surface area (TPSA) is 72.2 Å². The maximum absolute atomic E-state index is 13.3. The highest BCUT2D eigenvalue weighted by Crippen LogP contribution is 2.20. The van der Waals surface area contributed by atoms with Gasteiger partial charge in [0.05, 0.1) is 10.6 Å². The molecule has 100 valence electrons. The van der Waals surface area contributed by atoms with Crippen LogP contribution in [-0.4, -0.2) is 15.0 Å². The van der Waals surface area contributed by atoms with Crippen LogP contribution >= 0.6 is 0 Å². The van der Waals surface area contributed by atoms with E-state index in [1.54, 1.807) is 6.08 Å². The zero-order chi connectivity index (χ0) is 13.9. The van der Waals surface area contributed by atoms with Crippen molar-refractivity contribution in [2.24, 2.45) is 0 Å². The summed E-state index contributed by atoms with van der Waals surface area (Å²) >= 11 is 0. The monoisotopic (exact) mass is 272 g/mol. The van der Waals surface area contributed by atoms with E-state index in [1.807, 2.05) is 13.8 Å². The minimum atomic E-state index is -3.66. The van der Waals surface area contributed by atoms with Gasteiger partial charge in [-0.15, -0.1) is 0 Å². The maximum atomic E-state index is 13.3. The van der Waals surface area contributed by atoms with Gasteiger partial charge in [0.2, 0.25) is 10.0 Å². The average Bonchev–Trinajstić information content (AvgIpc) is 2.24. The zero-order valence-corrected chi connectivity index (χ0v) is 11.4. The van der Waals surface area contributed by atoms with Gasteiger partial charge in [-0.1, -0.05) is 11.6 Å². The first-order valence-electron chi connectivity index (χ1n) is 5.42. The number of halogens is 1. The lowest BCUT2D eigenvalue weighted by Gasteiger charge is -2.08. The molecule has 6 heteroatoms. The van der Waals surface area contributed by atoms with Crippen molar-refractivity contribution >= 4 is 15.7 Å². The van der Waals surface area contributed by atoms with Crippen molar-refractivity contribution in [2.75, 3.05) is 12.3 Å². The molecule has 0 fully saturated rings. The summed E-state index contributed by atoms with van der Waals surface area (Å²) in [6, 6.07) is 2.38. The number of hydrogen-bond donors (Lipinski definition) is 2. The molecule has 0 aliphatic rings. The van der Waals surface area contributed by atoms with Crippen molar-refractivity contribution in [1.82, 2.24) is 4.72 Å². The van der Waals surface area contributed by atoms with Gasteiger partial charge in [0.25, 0.3) is 0 Å². The Balaban J connectivity index is 3.03. The molecule has 18 heavy (non-hydrogen) atoms. The molecule has 0 bridgehead atoms. The average molecular weight is 272 g/mol. The van der Waals surface area contributed by atoms with E-state index in [9.17, 15) is 12.8 Å². The second-order valence-electron chi connectivity index (χ2n) is 4.28. The Morgan fingerprint density at radius 1 is 1.44 bits per heavy atom. The third kappa shape index (κ3) is 3.54. The van der Waals surface area contributed by atoms with E-state index in [2.05, 4.69) is 4.72 Å². The molecular weight excluding hydrogens is 255 g/mol. The molecule has 4 nitrogen and oxygen atoms in total. The molecule has 0 heterocycles. The van der Waals surface area contributed by atoms with E-state index in [4.69, 9.17) is 5.73 Å². The fourth-order valence-corrected chi connectivity index (χ4v) is 2.44. The van der Waals surface area contributed by atoms with Crippen LogP contribution in [0.4, 0.5) is 10.1 Å². The summed E-state index contributed by atoms with van der Waals surface area (Å²) in [4.78, 5) is -0.0268. The number of nitrogen functional groups attached to an aromatic ring is 1. The fraction of sp³-hybridized carbons (Fsp3) is 0.333. The van der Waals surface area contributed by atoms with Gasteiger partial charge in [-0.25, -0.2) is 17.5 Å². The smallest absolute Gasteiger partial charge is 0.240 e. The van der Waals surface area contributed by atoms with E-state index in [1.165, 1.54) is 13.0 Å². The molecular formula is C12H17FN2O2S. The number of nitrogens with two attached hydrogens (primary N) is 1. The second-order valence-corrected chi connectivity index (χ2v) is 6.04. The molecule has 0 saturated heterocycles. The van der Waals surface area contributed by atoms with Gasteiger partial charge in [-0.05, 0) is 38.5 Å². The van der Waals surface area contributed by atoms with Crippen molar-refractivity contribution in [1.29, 1.82) is 0 Å². The fourth-order valence-electron chi connectivity index (χ4n) is 1.36. The summed E-state index contributed by atoms with van der Waals surface area (Å²) < 4.78 is 39.5. The van der Waals surface area contributed by atoms with Crippen LogP contribution in [0.2, 0.25) is 0 Å². The molecule has 0 aromatic heterocycles. The van der Waals surface area contributed by atoms with Crippen LogP contribution in [0, 0.1) is 12.7 Å². The Bertz CT molecular complexity index is 553. The van der Waals surface area contributed by atoms with E-state index in [-0.39, 0.29) is 22.7 Å². The second kappa shape index (κ2) is 5.49. The first-order chi connectivity index (χ1) is 8.24. The molecule has 0 amide bonds. The molecule has 0 spiro atoms. The van der Waals surface area contributed by atoms with Crippen molar-refractivity contribution in [2.45, 2.75) is 25.7 Å². The Morgan fingerprint density at radius 2 is 2.06 bits per heavy atom. The highest BCUT2D eigenvalue weighted by atomic mass is 32.2. The molecule has 0 radical (unpaired) electrons. The van der Waals surface area contributed by atoms with E-state index in [0.29, 0.717) is 0 Å². The van der Waals surface area contributed by atoms with Crippen LogP contribution in [0.15, 0.2) is 28.7 Å². The van der Waals surface area contributed by atoms with Crippen LogP contribution in [0.5, 0.6) is 0 Å². The minimum absolute atomic E-state index is 0.0268. The molecule has 0 aliphatic carbocycles. The molecule has 3 N–H and O–H groups in total. The molecule has 0 aliphatic heterocycles. The first-order valence-corrected chi connectivity index (χ1v) is 6.91. The lowest BCUT2D eigenvalue weighted by Crippen LogP contribution is -2.24. The van der Waals surface area contributed by atoms with Crippen molar-refractivity contribution in [3.05, 3.63) is 35.2 Å². The van der Waals surface area contributed by atoms with Gasteiger partial charge in [-0.3, -0.25) is 0 Å². The summed E-state index contributed by atoms with van der Waals surface area (Å²) in [5.74, 6) is -0.585. The van der Waals surface area contributed by atoms with Gasteiger partial charge in [-0.2, -0.15) is 0 Å². The first kappa shape index (κ1) is 14.7. The number of benzene rings is 1. The Morgan fingerprint density at radius 3 is 2.56 bits per heavy atom. The lowest BCUT2D eigenvalue weighted by atomic mass is 10.2. The third-order valence-corrected chi connectivity index (χ3v) is 3.75.